The van der Waals surface area contributed by atoms with Gasteiger partial charge in [0.2, 0.25) is 0 Å². The van der Waals surface area contributed by atoms with Gasteiger partial charge in [-0.05, 0) is 80.1 Å². The Balaban J connectivity index is 1.46. The molecule has 0 radical (unpaired) electrons. The molecule has 26 heavy (non-hydrogen) atoms. The van der Waals surface area contributed by atoms with Gasteiger partial charge in [0.05, 0.1) is 6.10 Å². The van der Waals surface area contributed by atoms with E-state index in [1.807, 2.05) is 6.08 Å². The first-order valence-electron chi connectivity index (χ1n) is 10.6. The van der Waals surface area contributed by atoms with Gasteiger partial charge in [-0.15, -0.1) is 0 Å². The van der Waals surface area contributed by atoms with Gasteiger partial charge in [-0.3, -0.25) is 4.79 Å². The topological polar surface area (TPSA) is 70.1 Å². The summed E-state index contributed by atoms with van der Waals surface area (Å²) in [6.07, 6.45) is 11.1. The lowest BCUT2D eigenvalue weighted by Crippen LogP contribution is -2.59. The maximum atomic E-state index is 12.0. The van der Waals surface area contributed by atoms with Crippen LogP contribution in [0.2, 0.25) is 0 Å². The Morgan fingerprint density at radius 3 is 2.73 bits per heavy atom. The predicted molar refractivity (Wildman–Crippen MR) is 97.1 cm³/mol. The molecule has 4 nitrogen and oxygen atoms in total. The largest absolute Gasteiger partial charge is 0.368 e. The molecular weight excluding hydrogens is 328 g/mol. The highest BCUT2D eigenvalue weighted by Crippen LogP contribution is 2.75. The number of rotatable bonds is 3. The Morgan fingerprint density at radius 1 is 1.19 bits per heavy atom. The Kier molecular flexibility index (Phi) is 3.63. The second kappa shape index (κ2) is 5.42. The summed E-state index contributed by atoms with van der Waals surface area (Å²) >= 11 is 0. The maximum Gasteiger partial charge on any atom is 0.155 e. The Hall–Kier alpha value is -0.710. The molecule has 2 N–H and O–H groups in total. The van der Waals surface area contributed by atoms with Crippen LogP contribution >= 0.6 is 0 Å². The molecule has 0 aromatic rings. The number of ether oxygens (including phenoxy) is 1. The van der Waals surface area contributed by atoms with Crippen molar-refractivity contribution in [3.05, 3.63) is 12.2 Å². The molecule has 0 amide bonds. The summed E-state index contributed by atoms with van der Waals surface area (Å²) < 4.78 is 6.59. The number of allylic oxidation sites excluding steroid dienone is 1. The van der Waals surface area contributed by atoms with Crippen molar-refractivity contribution >= 4 is 5.78 Å². The third-order valence-corrected chi connectivity index (χ3v) is 9.38. The first-order chi connectivity index (χ1) is 12.3. The van der Waals surface area contributed by atoms with Crippen LogP contribution in [0.4, 0.5) is 0 Å². The van der Waals surface area contributed by atoms with E-state index in [0.717, 1.165) is 19.3 Å². The predicted octanol–water partition coefficient (Wildman–Crippen LogP) is 3.21. The van der Waals surface area contributed by atoms with Crippen molar-refractivity contribution in [2.24, 2.45) is 34.5 Å². The van der Waals surface area contributed by atoms with Gasteiger partial charge in [-0.2, -0.15) is 0 Å². The normalized spacial score (nSPS) is 54.5. The molecule has 0 bridgehead atoms. The second-order valence-corrected chi connectivity index (χ2v) is 10.2. The standard InChI is InChI=1S/C22H32O4/c1-20-12-18-22(26-18)17(16(20)6-3-13(20)5-8-19(24)25)7-4-14-11-15(23)9-10-21(14,22)2/h9-10,13-14,16-19,24-25H,3-8,11-12H2,1-2H3/t13?,14?,16-,17-,18?,20+,21-,22+/m0/s1. The first-order valence-corrected chi connectivity index (χ1v) is 10.6. The van der Waals surface area contributed by atoms with Gasteiger partial charge in [-0.25, -0.2) is 0 Å². The molecule has 1 spiro atoms. The van der Waals surface area contributed by atoms with E-state index in [1.54, 1.807) is 0 Å². The van der Waals surface area contributed by atoms with Crippen LogP contribution in [-0.2, 0) is 9.53 Å². The minimum absolute atomic E-state index is 0.00913. The van der Waals surface area contributed by atoms with Crippen LogP contribution in [0.15, 0.2) is 12.2 Å². The molecule has 5 aliphatic rings. The minimum Gasteiger partial charge on any atom is -0.368 e. The van der Waals surface area contributed by atoms with Crippen LogP contribution in [0.25, 0.3) is 0 Å². The molecule has 1 heterocycles. The number of epoxide rings is 1. The number of aliphatic hydroxyl groups is 2. The molecule has 0 aromatic carbocycles. The fraction of sp³-hybridized carbons (Fsp3) is 0.864. The van der Waals surface area contributed by atoms with Crippen molar-refractivity contribution in [1.82, 2.24) is 0 Å². The molecular formula is C22H32O4. The summed E-state index contributed by atoms with van der Waals surface area (Å²) in [5, 5.41) is 18.6. The first kappa shape index (κ1) is 17.4. The lowest BCUT2D eigenvalue weighted by atomic mass is 9.45. The van der Waals surface area contributed by atoms with Gasteiger partial charge in [0.1, 0.15) is 5.60 Å². The van der Waals surface area contributed by atoms with Gasteiger partial charge in [-0.1, -0.05) is 19.9 Å². The van der Waals surface area contributed by atoms with E-state index in [-0.39, 0.29) is 22.2 Å². The average Bonchev–Trinajstić information content (AvgIpc) is 3.20. The van der Waals surface area contributed by atoms with Crippen molar-refractivity contribution in [3.63, 3.8) is 0 Å². The number of hydrogen-bond acceptors (Lipinski definition) is 4. The lowest BCUT2D eigenvalue weighted by molar-refractivity contribution is -0.121. The molecule has 3 saturated carbocycles. The molecule has 1 saturated heterocycles. The zero-order valence-corrected chi connectivity index (χ0v) is 16.0. The molecule has 8 atom stereocenters. The highest BCUT2D eigenvalue weighted by atomic mass is 16.6. The van der Waals surface area contributed by atoms with E-state index in [9.17, 15) is 15.0 Å². The van der Waals surface area contributed by atoms with Gasteiger partial charge >= 0.3 is 0 Å². The van der Waals surface area contributed by atoms with E-state index >= 15 is 0 Å². The van der Waals surface area contributed by atoms with Crippen LogP contribution in [0, 0.1) is 34.5 Å². The van der Waals surface area contributed by atoms with Gasteiger partial charge in [0.15, 0.2) is 12.1 Å². The summed E-state index contributed by atoms with van der Waals surface area (Å²) in [7, 11) is 0. The molecule has 144 valence electrons. The fourth-order valence-corrected chi connectivity index (χ4v) is 8.01. The van der Waals surface area contributed by atoms with E-state index < -0.39 is 6.29 Å². The van der Waals surface area contributed by atoms with Crippen LogP contribution in [0.3, 0.4) is 0 Å². The number of aliphatic hydroxyl groups excluding tert-OH is 1. The van der Waals surface area contributed by atoms with E-state index in [1.165, 1.54) is 19.3 Å². The highest BCUT2D eigenvalue weighted by molar-refractivity contribution is 5.91. The summed E-state index contributed by atoms with van der Waals surface area (Å²) in [6.45, 7) is 4.79. The van der Waals surface area contributed by atoms with Crippen LogP contribution < -0.4 is 0 Å². The minimum atomic E-state index is -1.18. The molecule has 3 unspecified atom stereocenters. The molecule has 4 heteroatoms. The number of carbonyl (C=O) groups is 1. The third kappa shape index (κ3) is 2.04. The lowest BCUT2D eigenvalue weighted by Gasteiger charge is -2.56. The Labute approximate surface area is 156 Å². The maximum absolute atomic E-state index is 12.0. The number of hydrogen-bond donors (Lipinski definition) is 2. The van der Waals surface area contributed by atoms with Gasteiger partial charge in [0.25, 0.3) is 0 Å². The summed E-state index contributed by atoms with van der Waals surface area (Å²) in [6, 6.07) is 0. The van der Waals surface area contributed by atoms with Crippen LogP contribution in [-0.4, -0.2) is 34.0 Å². The fourth-order valence-electron chi connectivity index (χ4n) is 8.01. The van der Waals surface area contributed by atoms with E-state index in [4.69, 9.17) is 4.74 Å². The Bertz CT molecular complexity index is 657. The quantitative estimate of drug-likeness (QED) is 0.599. The van der Waals surface area contributed by atoms with E-state index in [2.05, 4.69) is 19.9 Å². The smallest absolute Gasteiger partial charge is 0.155 e. The Morgan fingerprint density at radius 2 is 1.96 bits per heavy atom. The highest BCUT2D eigenvalue weighted by Gasteiger charge is 2.79. The van der Waals surface area contributed by atoms with Crippen molar-refractivity contribution in [2.45, 2.75) is 83.2 Å². The van der Waals surface area contributed by atoms with Crippen molar-refractivity contribution in [3.8, 4) is 0 Å². The number of carbonyl (C=O) groups excluding carboxylic acids is 1. The molecule has 4 aliphatic carbocycles. The number of fused-ring (bicyclic) bond motifs is 3. The zero-order valence-electron chi connectivity index (χ0n) is 16.0. The van der Waals surface area contributed by atoms with Crippen molar-refractivity contribution < 1.29 is 19.7 Å². The molecule has 5 rings (SSSR count). The van der Waals surface area contributed by atoms with Crippen LogP contribution in [0.5, 0.6) is 0 Å². The third-order valence-electron chi connectivity index (χ3n) is 9.38. The van der Waals surface area contributed by atoms with Crippen molar-refractivity contribution in [2.75, 3.05) is 0 Å². The van der Waals surface area contributed by atoms with Gasteiger partial charge in [0, 0.05) is 11.8 Å². The molecule has 4 fully saturated rings. The summed E-state index contributed by atoms with van der Waals surface area (Å²) in [5.74, 6) is 2.56. The molecule has 0 aromatic heterocycles. The second-order valence-electron chi connectivity index (χ2n) is 10.2. The summed E-state index contributed by atoms with van der Waals surface area (Å²) in [5.41, 5.74) is 0.236. The van der Waals surface area contributed by atoms with E-state index in [0.29, 0.717) is 42.6 Å². The zero-order chi connectivity index (χ0) is 18.3. The van der Waals surface area contributed by atoms with Gasteiger partial charge < -0.3 is 14.9 Å². The van der Waals surface area contributed by atoms with Crippen molar-refractivity contribution in [1.29, 1.82) is 0 Å². The number of ketones is 1. The summed E-state index contributed by atoms with van der Waals surface area (Å²) in [4.78, 5) is 12.0. The molecule has 1 aliphatic heterocycles. The SMILES string of the molecule is C[C@]12C=CC(=O)CC1CC[C@H]1[C@@H]3CCC(CCC(O)O)[C@@]3(C)CC3O[C@@]312. The monoisotopic (exact) mass is 360 g/mol. The van der Waals surface area contributed by atoms with Crippen LogP contribution in [0.1, 0.15) is 65.2 Å². The average molecular weight is 360 g/mol.